The van der Waals surface area contributed by atoms with Gasteiger partial charge < -0.3 is 5.73 Å². The summed E-state index contributed by atoms with van der Waals surface area (Å²) in [5.74, 6) is -0.229. The number of carbonyl (C=O) groups excluding carboxylic acids is 1. The van der Waals surface area contributed by atoms with E-state index in [4.69, 9.17) is 5.73 Å². The summed E-state index contributed by atoms with van der Waals surface area (Å²) < 4.78 is 14.5. The lowest BCUT2D eigenvalue weighted by atomic mass is 10.1. The number of rotatable bonds is 2. The molecule has 2 N–H and O–H groups in total. The third-order valence-corrected chi connectivity index (χ3v) is 4.24. The van der Waals surface area contributed by atoms with Gasteiger partial charge in [0.15, 0.2) is 11.5 Å². The molecule has 0 saturated heterocycles. The van der Waals surface area contributed by atoms with E-state index in [1.165, 1.54) is 4.68 Å². The molecule has 5 nitrogen and oxygen atoms in total. The summed E-state index contributed by atoms with van der Waals surface area (Å²) in [4.78, 5) is 17.2. The quantitative estimate of drug-likeness (QED) is 0.790. The molecular weight excluding hydrogens is 295 g/mol. The zero-order chi connectivity index (χ0) is 16.1. The van der Waals surface area contributed by atoms with Crippen LogP contribution in [0.15, 0.2) is 36.4 Å². The van der Waals surface area contributed by atoms with Crippen LogP contribution >= 0.6 is 0 Å². The Morgan fingerprint density at radius 3 is 2.74 bits per heavy atom. The number of nitrogens with two attached hydrogens (primary N) is 1. The van der Waals surface area contributed by atoms with Gasteiger partial charge >= 0.3 is 0 Å². The first kappa shape index (κ1) is 13.9. The van der Waals surface area contributed by atoms with Crippen LogP contribution < -0.4 is 5.73 Å². The minimum atomic E-state index is -0.847. The van der Waals surface area contributed by atoms with Crippen molar-refractivity contribution in [1.82, 2.24) is 14.8 Å². The van der Waals surface area contributed by atoms with Crippen molar-refractivity contribution in [1.29, 1.82) is 0 Å². The summed E-state index contributed by atoms with van der Waals surface area (Å²) in [6.07, 6.45) is -0.367. The second-order valence-corrected chi connectivity index (χ2v) is 5.88. The molecule has 0 radical (unpaired) electrons. The molecule has 0 amide bonds. The molecule has 0 bridgehead atoms. The van der Waals surface area contributed by atoms with Crippen LogP contribution in [0.25, 0.3) is 11.0 Å². The third kappa shape index (κ3) is 2.18. The van der Waals surface area contributed by atoms with Gasteiger partial charge in [-0.25, -0.2) is 9.37 Å². The van der Waals surface area contributed by atoms with Crippen LogP contribution in [-0.2, 0) is 0 Å². The van der Waals surface area contributed by atoms with Gasteiger partial charge in [-0.3, -0.25) is 4.79 Å². The molecule has 2 heterocycles. The Bertz CT molecular complexity index is 933. The van der Waals surface area contributed by atoms with Gasteiger partial charge in [0, 0.05) is 17.2 Å². The van der Waals surface area contributed by atoms with E-state index in [0.717, 1.165) is 5.56 Å². The van der Waals surface area contributed by atoms with Crippen LogP contribution in [0.4, 0.5) is 10.2 Å². The number of pyridine rings is 1. The smallest absolute Gasteiger partial charge is 0.280 e. The normalized spacial score (nSPS) is 19.9. The van der Waals surface area contributed by atoms with Gasteiger partial charge in [0.05, 0.1) is 5.39 Å². The molecule has 2 atom stereocenters. The summed E-state index contributed by atoms with van der Waals surface area (Å²) in [5.41, 5.74) is 8.32. The Balaban J connectivity index is 1.86. The molecule has 4 rings (SSSR count). The molecule has 1 saturated carbocycles. The van der Waals surface area contributed by atoms with Gasteiger partial charge in [-0.1, -0.05) is 18.2 Å². The van der Waals surface area contributed by atoms with Crippen molar-refractivity contribution < 1.29 is 9.18 Å². The monoisotopic (exact) mass is 310 g/mol. The molecule has 116 valence electrons. The first-order chi connectivity index (χ1) is 11.1. The van der Waals surface area contributed by atoms with E-state index in [2.05, 4.69) is 10.1 Å². The van der Waals surface area contributed by atoms with Gasteiger partial charge in [-0.2, -0.15) is 4.68 Å². The summed E-state index contributed by atoms with van der Waals surface area (Å²) >= 11 is 0. The van der Waals surface area contributed by atoms with E-state index in [-0.39, 0.29) is 17.6 Å². The number of anilines is 1. The van der Waals surface area contributed by atoms with Crippen LogP contribution in [-0.4, -0.2) is 26.8 Å². The number of hydrogen-bond acceptors (Lipinski definition) is 4. The van der Waals surface area contributed by atoms with Crippen molar-refractivity contribution in [3.05, 3.63) is 53.2 Å². The highest BCUT2D eigenvalue weighted by molar-refractivity contribution is 6.03. The number of nitrogen functional groups attached to an aromatic ring is 1. The zero-order valence-corrected chi connectivity index (χ0v) is 12.5. The molecule has 1 aromatic carbocycles. The molecule has 3 aromatic rings. The number of carbonyl (C=O) groups is 1. The minimum Gasteiger partial charge on any atom is -0.382 e. The highest BCUT2D eigenvalue weighted by Gasteiger charge is 2.40. The van der Waals surface area contributed by atoms with Crippen LogP contribution in [0.3, 0.4) is 0 Å². The molecule has 6 heteroatoms. The SMILES string of the molecule is Cc1ccccc1C(=O)n1nc(N)c2ccc([C@H]3CC3F)nc21. The van der Waals surface area contributed by atoms with Gasteiger partial charge in [-0.15, -0.1) is 5.10 Å². The third-order valence-electron chi connectivity index (χ3n) is 4.24. The fraction of sp³-hybridized carbons (Fsp3) is 0.235. The van der Waals surface area contributed by atoms with Crippen molar-refractivity contribution >= 4 is 22.8 Å². The van der Waals surface area contributed by atoms with Crippen molar-refractivity contribution in [2.75, 3.05) is 5.73 Å². The Morgan fingerprint density at radius 2 is 2.04 bits per heavy atom. The number of fused-ring (bicyclic) bond motifs is 1. The second kappa shape index (κ2) is 4.87. The molecule has 1 unspecified atom stereocenters. The Labute approximate surface area is 131 Å². The number of benzene rings is 1. The van der Waals surface area contributed by atoms with E-state index in [1.807, 2.05) is 19.1 Å². The maximum atomic E-state index is 13.3. The number of halogens is 1. The summed E-state index contributed by atoms with van der Waals surface area (Å²) in [6.45, 7) is 1.86. The summed E-state index contributed by atoms with van der Waals surface area (Å²) in [7, 11) is 0. The van der Waals surface area contributed by atoms with E-state index in [9.17, 15) is 9.18 Å². The standard InChI is InChI=1S/C17H15FN4O/c1-9-4-2-3-5-10(9)17(23)22-16-11(15(19)21-22)6-7-14(20-16)12-8-13(12)18/h2-7,12-13H,8H2,1H3,(H2,19,21)/t12-,13?/m0/s1. The van der Waals surface area contributed by atoms with Crippen LogP contribution in [0.5, 0.6) is 0 Å². The Kier molecular flexibility index (Phi) is 2.94. The van der Waals surface area contributed by atoms with Crippen LogP contribution in [0.2, 0.25) is 0 Å². The van der Waals surface area contributed by atoms with E-state index in [0.29, 0.717) is 28.7 Å². The fourth-order valence-electron chi connectivity index (χ4n) is 2.78. The predicted molar refractivity (Wildman–Crippen MR) is 85.1 cm³/mol. The van der Waals surface area contributed by atoms with E-state index >= 15 is 0 Å². The van der Waals surface area contributed by atoms with Gasteiger partial charge in [0.1, 0.15) is 6.17 Å². The summed E-state index contributed by atoms with van der Waals surface area (Å²) in [6, 6.07) is 10.8. The molecule has 1 fully saturated rings. The highest BCUT2D eigenvalue weighted by Crippen LogP contribution is 2.43. The van der Waals surface area contributed by atoms with Crippen molar-refractivity contribution in [3.8, 4) is 0 Å². The topological polar surface area (TPSA) is 73.8 Å². The van der Waals surface area contributed by atoms with Gasteiger partial charge in [0.25, 0.3) is 5.91 Å². The first-order valence-corrected chi connectivity index (χ1v) is 7.46. The molecule has 1 aliphatic carbocycles. The van der Waals surface area contributed by atoms with Crippen molar-refractivity contribution in [3.63, 3.8) is 0 Å². The second-order valence-electron chi connectivity index (χ2n) is 5.88. The summed E-state index contributed by atoms with van der Waals surface area (Å²) in [5, 5.41) is 4.74. The molecule has 1 aliphatic rings. The lowest BCUT2D eigenvalue weighted by Gasteiger charge is -2.05. The highest BCUT2D eigenvalue weighted by atomic mass is 19.1. The lowest BCUT2D eigenvalue weighted by Crippen LogP contribution is -2.15. The lowest BCUT2D eigenvalue weighted by molar-refractivity contribution is 0.0949. The van der Waals surface area contributed by atoms with Crippen LogP contribution in [0.1, 0.15) is 34.0 Å². The number of nitrogens with zero attached hydrogens (tertiary/aromatic N) is 3. The van der Waals surface area contributed by atoms with E-state index < -0.39 is 6.17 Å². The van der Waals surface area contributed by atoms with Crippen molar-refractivity contribution in [2.45, 2.75) is 25.4 Å². The largest absolute Gasteiger partial charge is 0.382 e. The van der Waals surface area contributed by atoms with Crippen LogP contribution in [0, 0.1) is 6.92 Å². The molecule has 0 aliphatic heterocycles. The average Bonchev–Trinajstić information content (AvgIpc) is 3.19. The number of hydrogen-bond donors (Lipinski definition) is 1. The number of aromatic nitrogens is 3. The van der Waals surface area contributed by atoms with Gasteiger partial charge in [0.2, 0.25) is 0 Å². The number of alkyl halides is 1. The molecule has 2 aromatic heterocycles. The van der Waals surface area contributed by atoms with Gasteiger partial charge in [-0.05, 0) is 37.1 Å². The van der Waals surface area contributed by atoms with E-state index in [1.54, 1.807) is 24.3 Å². The molecule has 23 heavy (non-hydrogen) atoms. The maximum Gasteiger partial charge on any atom is 0.280 e. The Morgan fingerprint density at radius 1 is 1.30 bits per heavy atom. The zero-order valence-electron chi connectivity index (χ0n) is 12.5. The number of aryl methyl sites for hydroxylation is 1. The Hall–Kier alpha value is -2.76. The molecular formula is C17H15FN4O. The average molecular weight is 310 g/mol. The predicted octanol–water partition coefficient (Wildman–Crippen LogP) is 2.84. The fourth-order valence-corrected chi connectivity index (χ4v) is 2.78. The minimum absolute atomic E-state index is 0.183. The first-order valence-electron chi connectivity index (χ1n) is 7.46. The molecule has 0 spiro atoms. The van der Waals surface area contributed by atoms with Crippen molar-refractivity contribution in [2.24, 2.45) is 0 Å². The maximum absolute atomic E-state index is 13.3.